The van der Waals surface area contributed by atoms with Crippen molar-refractivity contribution in [2.75, 3.05) is 19.7 Å². The van der Waals surface area contributed by atoms with Gasteiger partial charge >= 0.3 is 0 Å². The number of hydrogen-bond donors (Lipinski definition) is 3. The highest BCUT2D eigenvalue weighted by molar-refractivity contribution is 6.13. The van der Waals surface area contributed by atoms with E-state index in [-0.39, 0.29) is 37.3 Å². The lowest BCUT2D eigenvalue weighted by atomic mass is 10.0. The Morgan fingerprint density at radius 3 is 2.44 bits per heavy atom. The normalized spacial score (nSPS) is 15.4. The summed E-state index contributed by atoms with van der Waals surface area (Å²) < 4.78 is 5.69. The standard InChI is InChI=1S/C16H26N4O5/c1-11(15(24)19-17)10-25-16(2,3)7-8-18-12(21)6-9-20-13(22)4-5-14(20)23/h4-5,11H,6-10,17H2,1-3H3,(H,18,21)(H,19,24). The number of nitrogens with two attached hydrogens (primary N) is 1. The van der Waals surface area contributed by atoms with Crippen LogP contribution in [-0.4, -0.2) is 53.8 Å². The number of imide groups is 1. The molecule has 25 heavy (non-hydrogen) atoms. The molecule has 0 aromatic carbocycles. The van der Waals surface area contributed by atoms with Gasteiger partial charge in [0.15, 0.2) is 0 Å². The smallest absolute Gasteiger partial charge is 0.253 e. The summed E-state index contributed by atoms with van der Waals surface area (Å²) in [5.41, 5.74) is 1.54. The molecule has 1 atom stereocenters. The maximum absolute atomic E-state index is 11.8. The van der Waals surface area contributed by atoms with E-state index in [1.165, 1.54) is 12.2 Å². The van der Waals surface area contributed by atoms with Crippen LogP contribution < -0.4 is 16.6 Å². The molecule has 0 aliphatic carbocycles. The molecule has 0 fully saturated rings. The van der Waals surface area contributed by atoms with Crippen LogP contribution in [0.4, 0.5) is 0 Å². The van der Waals surface area contributed by atoms with Crippen molar-refractivity contribution in [2.45, 2.75) is 39.2 Å². The lowest BCUT2D eigenvalue weighted by molar-refractivity contribution is -0.137. The van der Waals surface area contributed by atoms with Crippen LogP contribution in [0.25, 0.3) is 0 Å². The molecule has 1 unspecified atom stereocenters. The summed E-state index contributed by atoms with van der Waals surface area (Å²) in [6, 6.07) is 0. The predicted octanol–water partition coefficient (Wildman–Crippen LogP) is -0.771. The van der Waals surface area contributed by atoms with Crippen molar-refractivity contribution >= 4 is 23.6 Å². The molecule has 0 radical (unpaired) electrons. The summed E-state index contributed by atoms with van der Waals surface area (Å²) in [6.07, 6.45) is 2.96. The third-order valence-corrected chi connectivity index (χ3v) is 3.83. The van der Waals surface area contributed by atoms with E-state index in [9.17, 15) is 19.2 Å². The highest BCUT2D eigenvalue weighted by atomic mass is 16.5. The number of carbonyl (C=O) groups excluding carboxylic acids is 4. The molecule has 4 amide bonds. The highest BCUT2D eigenvalue weighted by Gasteiger charge is 2.24. The van der Waals surface area contributed by atoms with Crippen LogP contribution in [0.15, 0.2) is 12.2 Å². The van der Waals surface area contributed by atoms with Crippen molar-refractivity contribution in [3.63, 3.8) is 0 Å². The first-order valence-electron chi connectivity index (χ1n) is 8.11. The number of nitrogens with zero attached hydrogens (tertiary/aromatic N) is 1. The van der Waals surface area contributed by atoms with Crippen LogP contribution >= 0.6 is 0 Å². The molecule has 1 aliphatic heterocycles. The molecule has 9 nitrogen and oxygen atoms in total. The van der Waals surface area contributed by atoms with Gasteiger partial charge in [0.05, 0.1) is 18.1 Å². The summed E-state index contributed by atoms with van der Waals surface area (Å²) in [5.74, 6) is 3.34. The zero-order chi connectivity index (χ0) is 19.0. The number of ether oxygens (including phenoxy) is 1. The van der Waals surface area contributed by atoms with Crippen molar-refractivity contribution < 1.29 is 23.9 Å². The van der Waals surface area contributed by atoms with E-state index < -0.39 is 17.4 Å². The van der Waals surface area contributed by atoms with Crippen LogP contribution in [0.3, 0.4) is 0 Å². The predicted molar refractivity (Wildman–Crippen MR) is 89.6 cm³/mol. The van der Waals surface area contributed by atoms with Crippen molar-refractivity contribution in [3.05, 3.63) is 12.2 Å². The van der Waals surface area contributed by atoms with E-state index in [1.807, 2.05) is 13.8 Å². The molecule has 1 rings (SSSR count). The summed E-state index contributed by atoms with van der Waals surface area (Å²) in [5, 5.41) is 2.73. The van der Waals surface area contributed by atoms with E-state index in [4.69, 9.17) is 10.6 Å². The van der Waals surface area contributed by atoms with Gasteiger partial charge in [-0.25, -0.2) is 5.84 Å². The summed E-state index contributed by atoms with van der Waals surface area (Å²) >= 11 is 0. The molecule has 0 aromatic rings. The van der Waals surface area contributed by atoms with Gasteiger partial charge in [0.25, 0.3) is 11.8 Å². The monoisotopic (exact) mass is 354 g/mol. The Bertz CT molecular complexity index is 541. The van der Waals surface area contributed by atoms with Crippen molar-refractivity contribution in [1.82, 2.24) is 15.6 Å². The molecular formula is C16H26N4O5. The van der Waals surface area contributed by atoms with Gasteiger partial charge < -0.3 is 10.1 Å². The van der Waals surface area contributed by atoms with E-state index in [1.54, 1.807) is 6.92 Å². The second-order valence-corrected chi connectivity index (χ2v) is 6.49. The molecule has 0 spiro atoms. The number of rotatable bonds is 10. The first kappa shape index (κ1) is 20.8. The summed E-state index contributed by atoms with van der Waals surface area (Å²) in [7, 11) is 0. The average molecular weight is 354 g/mol. The quantitative estimate of drug-likeness (QED) is 0.204. The minimum atomic E-state index is -0.527. The Morgan fingerprint density at radius 1 is 1.28 bits per heavy atom. The van der Waals surface area contributed by atoms with E-state index in [2.05, 4.69) is 10.7 Å². The zero-order valence-corrected chi connectivity index (χ0v) is 14.8. The summed E-state index contributed by atoms with van der Waals surface area (Å²) in [6.45, 7) is 6.08. The number of amides is 4. The SMILES string of the molecule is CC(COC(C)(C)CCNC(=O)CCN1C(=O)C=CC1=O)C(=O)NN. The minimum Gasteiger partial charge on any atom is -0.375 e. The topological polar surface area (TPSA) is 131 Å². The lowest BCUT2D eigenvalue weighted by Crippen LogP contribution is -2.39. The highest BCUT2D eigenvalue weighted by Crippen LogP contribution is 2.15. The zero-order valence-electron chi connectivity index (χ0n) is 14.8. The van der Waals surface area contributed by atoms with Gasteiger partial charge in [-0.05, 0) is 20.3 Å². The Morgan fingerprint density at radius 2 is 1.88 bits per heavy atom. The first-order chi connectivity index (χ1) is 11.7. The third-order valence-electron chi connectivity index (χ3n) is 3.83. The Labute approximate surface area is 146 Å². The van der Waals surface area contributed by atoms with Crippen molar-refractivity contribution in [1.29, 1.82) is 0 Å². The Hall–Kier alpha value is -2.26. The third kappa shape index (κ3) is 7.02. The largest absolute Gasteiger partial charge is 0.375 e. The molecular weight excluding hydrogens is 328 g/mol. The Kier molecular flexibility index (Phi) is 7.72. The molecule has 9 heteroatoms. The van der Waals surface area contributed by atoms with Crippen LogP contribution in [0.2, 0.25) is 0 Å². The molecule has 0 aromatic heterocycles. The van der Waals surface area contributed by atoms with E-state index in [0.29, 0.717) is 13.0 Å². The maximum Gasteiger partial charge on any atom is 0.253 e. The molecule has 0 saturated carbocycles. The molecule has 0 saturated heterocycles. The molecule has 1 aliphatic rings. The van der Waals surface area contributed by atoms with E-state index in [0.717, 1.165) is 4.90 Å². The second-order valence-electron chi connectivity index (χ2n) is 6.49. The van der Waals surface area contributed by atoms with Crippen LogP contribution in [-0.2, 0) is 23.9 Å². The number of nitrogens with one attached hydrogen (secondary N) is 2. The molecule has 1 heterocycles. The van der Waals surface area contributed by atoms with Gasteiger partial charge in [-0.2, -0.15) is 0 Å². The fourth-order valence-corrected chi connectivity index (χ4v) is 2.10. The van der Waals surface area contributed by atoms with E-state index >= 15 is 0 Å². The average Bonchev–Trinajstić information content (AvgIpc) is 2.88. The van der Waals surface area contributed by atoms with Crippen LogP contribution in [0.1, 0.15) is 33.6 Å². The number of hydrogen-bond acceptors (Lipinski definition) is 6. The van der Waals surface area contributed by atoms with Gasteiger partial charge in [0.2, 0.25) is 11.8 Å². The minimum absolute atomic E-state index is 0.0498. The van der Waals surface area contributed by atoms with Crippen LogP contribution in [0.5, 0.6) is 0 Å². The second kappa shape index (κ2) is 9.28. The van der Waals surface area contributed by atoms with Crippen molar-refractivity contribution in [2.24, 2.45) is 11.8 Å². The fraction of sp³-hybridized carbons (Fsp3) is 0.625. The van der Waals surface area contributed by atoms with Gasteiger partial charge in [0, 0.05) is 31.7 Å². The van der Waals surface area contributed by atoms with Gasteiger partial charge in [0.1, 0.15) is 0 Å². The first-order valence-corrected chi connectivity index (χ1v) is 8.11. The maximum atomic E-state index is 11.8. The van der Waals surface area contributed by atoms with Crippen molar-refractivity contribution in [3.8, 4) is 0 Å². The molecule has 140 valence electrons. The molecule has 4 N–H and O–H groups in total. The number of carbonyl (C=O) groups is 4. The molecule has 0 bridgehead atoms. The van der Waals surface area contributed by atoms with Gasteiger partial charge in [-0.1, -0.05) is 6.92 Å². The van der Waals surface area contributed by atoms with Gasteiger partial charge in [-0.3, -0.25) is 29.5 Å². The van der Waals surface area contributed by atoms with Crippen LogP contribution in [0, 0.1) is 5.92 Å². The Balaban J connectivity index is 2.24. The fourth-order valence-electron chi connectivity index (χ4n) is 2.10. The summed E-state index contributed by atoms with van der Waals surface area (Å²) in [4.78, 5) is 46.9. The lowest BCUT2D eigenvalue weighted by Gasteiger charge is -2.27. The number of hydrazine groups is 1. The van der Waals surface area contributed by atoms with Gasteiger partial charge in [-0.15, -0.1) is 0 Å².